The van der Waals surface area contributed by atoms with Gasteiger partial charge in [0.05, 0.1) is 15.9 Å². The van der Waals surface area contributed by atoms with E-state index in [0.29, 0.717) is 12.4 Å². The van der Waals surface area contributed by atoms with Crippen molar-refractivity contribution in [3.05, 3.63) is 45.4 Å². The average molecular weight is 356 g/mol. The lowest BCUT2D eigenvalue weighted by Crippen LogP contribution is -2.10. The van der Waals surface area contributed by atoms with Crippen molar-refractivity contribution in [3.63, 3.8) is 0 Å². The molecule has 0 radical (unpaired) electrons. The summed E-state index contributed by atoms with van der Waals surface area (Å²) in [6.07, 6.45) is 0. The van der Waals surface area contributed by atoms with Gasteiger partial charge in [0, 0.05) is 24.2 Å². The summed E-state index contributed by atoms with van der Waals surface area (Å²) < 4.78 is 22.0. The number of benzene rings is 1. The summed E-state index contributed by atoms with van der Waals surface area (Å²) in [5, 5.41) is 4.41. The van der Waals surface area contributed by atoms with E-state index >= 15 is 0 Å². The molecule has 0 aliphatic rings. The molecule has 1 atom stereocenters. The van der Waals surface area contributed by atoms with Gasteiger partial charge in [0.2, 0.25) is 0 Å². The highest BCUT2D eigenvalue weighted by Gasteiger charge is 2.15. The van der Waals surface area contributed by atoms with Crippen molar-refractivity contribution in [2.24, 2.45) is 5.73 Å². The molecule has 0 bridgehead atoms. The highest BCUT2D eigenvalue weighted by Crippen LogP contribution is 2.27. The van der Waals surface area contributed by atoms with E-state index in [2.05, 4.69) is 21.0 Å². The van der Waals surface area contributed by atoms with E-state index in [1.807, 2.05) is 25.5 Å². The number of aryl methyl sites for hydroxylation is 2. The maximum atomic E-state index is 13.4. The summed E-state index contributed by atoms with van der Waals surface area (Å²) in [6.45, 7) is 6.83. The van der Waals surface area contributed by atoms with Crippen LogP contribution >= 0.6 is 15.9 Å². The second kappa shape index (κ2) is 6.58. The molecule has 2 rings (SSSR count). The molecule has 4 nitrogen and oxygen atoms in total. The van der Waals surface area contributed by atoms with Gasteiger partial charge in [-0.05, 0) is 42.8 Å². The van der Waals surface area contributed by atoms with Crippen LogP contribution in [0.25, 0.3) is 0 Å². The molecule has 0 spiro atoms. The smallest absolute Gasteiger partial charge is 0.131 e. The number of halogens is 2. The van der Waals surface area contributed by atoms with E-state index in [1.54, 1.807) is 6.07 Å². The van der Waals surface area contributed by atoms with Crippen LogP contribution in [0.4, 0.5) is 4.39 Å². The Labute approximate surface area is 132 Å². The minimum Gasteiger partial charge on any atom is -0.487 e. The maximum absolute atomic E-state index is 13.4. The lowest BCUT2D eigenvalue weighted by atomic mass is 10.1. The van der Waals surface area contributed by atoms with Gasteiger partial charge in [0.1, 0.15) is 18.2 Å². The van der Waals surface area contributed by atoms with Crippen molar-refractivity contribution in [3.8, 4) is 5.75 Å². The predicted octanol–water partition coefficient (Wildman–Crippen LogP) is 3.71. The first-order chi connectivity index (χ1) is 9.93. The number of nitrogens with zero attached hydrogens (tertiary/aromatic N) is 2. The van der Waals surface area contributed by atoms with Crippen LogP contribution in [0.1, 0.15) is 36.8 Å². The summed E-state index contributed by atoms with van der Waals surface area (Å²) in [4.78, 5) is 0. The number of aromatic nitrogens is 2. The van der Waals surface area contributed by atoms with Crippen LogP contribution in [0.5, 0.6) is 5.75 Å². The van der Waals surface area contributed by atoms with Crippen LogP contribution in [-0.2, 0) is 13.2 Å². The Morgan fingerprint density at radius 3 is 2.81 bits per heavy atom. The fourth-order valence-corrected chi connectivity index (χ4v) is 2.56. The fourth-order valence-electron chi connectivity index (χ4n) is 2.16. The highest BCUT2D eigenvalue weighted by molar-refractivity contribution is 9.10. The van der Waals surface area contributed by atoms with Crippen LogP contribution in [-0.4, -0.2) is 9.78 Å². The largest absolute Gasteiger partial charge is 0.487 e. The SMILES string of the molecule is CCn1nc(C)c(Br)c1COc1cc(F)ccc1C(C)N. The quantitative estimate of drug-likeness (QED) is 0.889. The summed E-state index contributed by atoms with van der Waals surface area (Å²) in [6, 6.07) is 4.20. The summed E-state index contributed by atoms with van der Waals surface area (Å²) >= 11 is 3.52. The second-order valence-corrected chi connectivity index (χ2v) is 5.71. The van der Waals surface area contributed by atoms with Crippen molar-refractivity contribution in [1.29, 1.82) is 0 Å². The molecule has 1 heterocycles. The van der Waals surface area contributed by atoms with Gasteiger partial charge in [0.25, 0.3) is 0 Å². The zero-order valence-corrected chi connectivity index (χ0v) is 13.9. The van der Waals surface area contributed by atoms with Crippen molar-refractivity contribution in [2.75, 3.05) is 0 Å². The van der Waals surface area contributed by atoms with Gasteiger partial charge in [-0.1, -0.05) is 6.07 Å². The lowest BCUT2D eigenvalue weighted by Gasteiger charge is -2.14. The van der Waals surface area contributed by atoms with E-state index in [0.717, 1.165) is 28.0 Å². The second-order valence-electron chi connectivity index (χ2n) is 4.92. The Hall–Kier alpha value is -1.40. The Morgan fingerprint density at radius 2 is 2.19 bits per heavy atom. The molecule has 114 valence electrons. The van der Waals surface area contributed by atoms with Gasteiger partial charge in [-0.25, -0.2) is 4.39 Å². The van der Waals surface area contributed by atoms with Gasteiger partial charge in [-0.3, -0.25) is 4.68 Å². The van der Waals surface area contributed by atoms with Crippen molar-refractivity contribution in [1.82, 2.24) is 9.78 Å². The molecular formula is C15H19BrFN3O. The van der Waals surface area contributed by atoms with Crippen LogP contribution in [0.2, 0.25) is 0 Å². The first-order valence-electron chi connectivity index (χ1n) is 6.83. The van der Waals surface area contributed by atoms with Crippen LogP contribution in [0.15, 0.2) is 22.7 Å². The van der Waals surface area contributed by atoms with Gasteiger partial charge in [-0.15, -0.1) is 0 Å². The molecule has 0 saturated carbocycles. The van der Waals surface area contributed by atoms with Crippen molar-refractivity contribution in [2.45, 2.75) is 40.0 Å². The molecule has 21 heavy (non-hydrogen) atoms. The standard InChI is InChI=1S/C15H19BrFN3O/c1-4-20-13(15(16)10(3)19-20)8-21-14-7-11(17)5-6-12(14)9(2)18/h5-7,9H,4,8,18H2,1-3H3. The third kappa shape index (κ3) is 3.44. The highest BCUT2D eigenvalue weighted by atomic mass is 79.9. The number of rotatable bonds is 5. The van der Waals surface area contributed by atoms with Gasteiger partial charge < -0.3 is 10.5 Å². The zero-order chi connectivity index (χ0) is 15.6. The fraction of sp³-hybridized carbons (Fsp3) is 0.400. The Morgan fingerprint density at radius 1 is 1.48 bits per heavy atom. The van der Waals surface area contributed by atoms with Crippen molar-refractivity contribution >= 4 is 15.9 Å². The molecule has 6 heteroatoms. The summed E-state index contributed by atoms with van der Waals surface area (Å²) in [5.41, 5.74) is 8.51. The molecule has 2 aromatic rings. The first-order valence-corrected chi connectivity index (χ1v) is 7.63. The summed E-state index contributed by atoms with van der Waals surface area (Å²) in [7, 11) is 0. The van der Waals surface area contributed by atoms with E-state index in [-0.39, 0.29) is 11.9 Å². The monoisotopic (exact) mass is 355 g/mol. The van der Waals surface area contributed by atoms with E-state index in [4.69, 9.17) is 10.5 Å². The molecule has 1 unspecified atom stereocenters. The number of ether oxygens (including phenoxy) is 1. The van der Waals surface area contributed by atoms with Crippen molar-refractivity contribution < 1.29 is 9.13 Å². The van der Waals surface area contributed by atoms with E-state index in [9.17, 15) is 4.39 Å². The van der Waals surface area contributed by atoms with Crippen LogP contribution < -0.4 is 10.5 Å². The number of hydrogen-bond donors (Lipinski definition) is 1. The maximum Gasteiger partial charge on any atom is 0.131 e. The van der Waals surface area contributed by atoms with E-state index < -0.39 is 0 Å². The zero-order valence-electron chi connectivity index (χ0n) is 12.4. The van der Waals surface area contributed by atoms with Crippen LogP contribution in [0, 0.1) is 12.7 Å². The minimum atomic E-state index is -0.339. The number of nitrogens with two attached hydrogens (primary N) is 1. The Balaban J connectivity index is 2.26. The Kier molecular flexibility index (Phi) is 5.00. The van der Waals surface area contributed by atoms with Gasteiger partial charge >= 0.3 is 0 Å². The minimum absolute atomic E-state index is 0.220. The summed E-state index contributed by atoms with van der Waals surface area (Å²) in [5.74, 6) is 0.132. The Bertz CT molecular complexity index is 640. The molecule has 0 saturated heterocycles. The predicted molar refractivity (Wildman–Crippen MR) is 83.7 cm³/mol. The molecule has 1 aromatic heterocycles. The molecule has 0 aliphatic heterocycles. The molecule has 0 aliphatic carbocycles. The van der Waals surface area contributed by atoms with E-state index in [1.165, 1.54) is 12.1 Å². The molecular weight excluding hydrogens is 337 g/mol. The van der Waals surface area contributed by atoms with Crippen LogP contribution in [0.3, 0.4) is 0 Å². The molecule has 2 N–H and O–H groups in total. The van der Waals surface area contributed by atoms with Gasteiger partial charge in [-0.2, -0.15) is 5.10 Å². The molecule has 1 aromatic carbocycles. The third-order valence-electron chi connectivity index (χ3n) is 3.28. The third-order valence-corrected chi connectivity index (χ3v) is 4.31. The molecule has 0 amide bonds. The normalized spacial score (nSPS) is 12.5. The number of hydrogen-bond acceptors (Lipinski definition) is 3. The lowest BCUT2D eigenvalue weighted by molar-refractivity contribution is 0.286. The average Bonchev–Trinajstić information content (AvgIpc) is 2.71. The first kappa shape index (κ1) is 16.0. The topological polar surface area (TPSA) is 53.1 Å². The molecule has 0 fully saturated rings. The van der Waals surface area contributed by atoms with Gasteiger partial charge in [0.15, 0.2) is 0 Å².